The Morgan fingerprint density at radius 2 is 1.94 bits per heavy atom. The molecule has 2 aromatic rings. The van der Waals surface area contributed by atoms with Gasteiger partial charge in [-0.05, 0) is 24.3 Å². The van der Waals surface area contributed by atoms with Gasteiger partial charge in [-0.15, -0.1) is 0 Å². The lowest BCUT2D eigenvalue weighted by molar-refractivity contribution is -0.129. The summed E-state index contributed by atoms with van der Waals surface area (Å²) in [6, 6.07) is 12.4. The summed E-state index contributed by atoms with van der Waals surface area (Å²) in [5, 5.41) is 13.0. The molecule has 0 radical (unpaired) electrons. The summed E-state index contributed by atoms with van der Waals surface area (Å²) in [4.78, 5) is 15.0. The first-order valence-electron chi connectivity index (χ1n) is 5.30. The van der Waals surface area contributed by atoms with Crippen molar-refractivity contribution in [1.29, 1.82) is 0 Å². The van der Waals surface area contributed by atoms with Crippen LogP contribution in [0.3, 0.4) is 0 Å². The molecule has 0 unspecified atom stereocenters. The van der Waals surface area contributed by atoms with E-state index in [4.69, 9.17) is 5.11 Å². The second-order valence-electron chi connectivity index (χ2n) is 3.49. The lowest BCUT2D eigenvalue weighted by atomic mass is 10.2. The zero-order chi connectivity index (χ0) is 12.8. The van der Waals surface area contributed by atoms with E-state index >= 15 is 0 Å². The van der Waals surface area contributed by atoms with Gasteiger partial charge in [-0.2, -0.15) is 5.10 Å². The number of nitrogens with zero attached hydrogens (tertiary/aromatic N) is 2. The minimum absolute atomic E-state index is 0.0769. The van der Waals surface area contributed by atoms with Crippen molar-refractivity contribution in [3.8, 4) is 0 Å². The van der Waals surface area contributed by atoms with Crippen LogP contribution in [0.1, 0.15) is 5.56 Å². The fourth-order valence-electron chi connectivity index (χ4n) is 1.37. The van der Waals surface area contributed by atoms with Crippen molar-refractivity contribution in [3.05, 3.63) is 60.4 Å². The average molecular weight is 241 g/mol. The Bertz CT molecular complexity index is 553. The maximum Gasteiger partial charge on any atom is 0.357 e. The fourth-order valence-corrected chi connectivity index (χ4v) is 1.37. The van der Waals surface area contributed by atoms with Crippen molar-refractivity contribution >= 4 is 17.4 Å². The zero-order valence-corrected chi connectivity index (χ0v) is 9.45. The van der Waals surface area contributed by atoms with E-state index in [1.54, 1.807) is 30.5 Å². The second kappa shape index (κ2) is 5.58. The molecule has 0 aliphatic heterocycles. The lowest BCUT2D eigenvalue weighted by Crippen LogP contribution is -2.16. The van der Waals surface area contributed by atoms with E-state index in [9.17, 15) is 4.79 Å². The molecule has 5 heteroatoms. The first-order valence-corrected chi connectivity index (χ1v) is 5.30. The fraction of sp³-hybridized carbons (Fsp3) is 0. The van der Waals surface area contributed by atoms with Gasteiger partial charge in [0.2, 0.25) is 0 Å². The molecule has 90 valence electrons. The highest BCUT2D eigenvalue weighted by Crippen LogP contribution is 2.06. The van der Waals surface area contributed by atoms with Gasteiger partial charge in [0.25, 0.3) is 0 Å². The van der Waals surface area contributed by atoms with Gasteiger partial charge in [0.15, 0.2) is 5.71 Å². The molecule has 0 aliphatic carbocycles. The highest BCUT2D eigenvalue weighted by Gasteiger charge is 2.12. The summed E-state index contributed by atoms with van der Waals surface area (Å²) < 4.78 is 0. The van der Waals surface area contributed by atoms with E-state index < -0.39 is 5.97 Å². The number of hydrogen-bond donors (Lipinski definition) is 2. The summed E-state index contributed by atoms with van der Waals surface area (Å²) in [5.74, 6) is -1.11. The smallest absolute Gasteiger partial charge is 0.357 e. The number of carbonyl (C=O) groups is 1. The van der Waals surface area contributed by atoms with Crippen molar-refractivity contribution < 1.29 is 9.90 Å². The standard InChI is InChI=1S/C13H11N3O2/c17-13(18)12(10-5-4-8-14-9-10)16-15-11-6-2-1-3-7-11/h1-9,15H,(H,17,18)/b16-12-. The Morgan fingerprint density at radius 1 is 1.17 bits per heavy atom. The summed E-state index contributed by atoms with van der Waals surface area (Å²) in [5.41, 5.74) is 3.80. The molecule has 0 amide bonds. The number of carboxylic acid groups (broad SMARTS) is 1. The Hall–Kier alpha value is -2.69. The van der Waals surface area contributed by atoms with E-state index in [-0.39, 0.29) is 5.71 Å². The summed E-state index contributed by atoms with van der Waals surface area (Å²) in [7, 11) is 0. The molecular weight excluding hydrogens is 230 g/mol. The molecule has 1 aromatic heterocycles. The van der Waals surface area contributed by atoms with Gasteiger partial charge in [-0.25, -0.2) is 4.79 Å². The van der Waals surface area contributed by atoms with Crippen LogP contribution in [0.15, 0.2) is 60.0 Å². The predicted octanol–water partition coefficient (Wildman–Crippen LogP) is 1.98. The van der Waals surface area contributed by atoms with E-state index in [2.05, 4.69) is 15.5 Å². The molecule has 0 atom stereocenters. The van der Waals surface area contributed by atoms with Gasteiger partial charge in [0.05, 0.1) is 5.69 Å². The molecule has 0 bridgehead atoms. The molecule has 0 saturated heterocycles. The molecule has 2 N–H and O–H groups in total. The zero-order valence-electron chi connectivity index (χ0n) is 9.45. The molecule has 2 rings (SSSR count). The number of para-hydroxylation sites is 1. The van der Waals surface area contributed by atoms with Crippen LogP contribution >= 0.6 is 0 Å². The van der Waals surface area contributed by atoms with Crippen molar-refractivity contribution in [2.24, 2.45) is 5.10 Å². The third-order valence-corrected chi connectivity index (χ3v) is 2.21. The first-order chi connectivity index (χ1) is 8.77. The van der Waals surface area contributed by atoms with Crippen LogP contribution in [0.5, 0.6) is 0 Å². The Labute approximate surface area is 104 Å². The molecule has 0 saturated carbocycles. The largest absolute Gasteiger partial charge is 0.476 e. The number of hydrogen-bond acceptors (Lipinski definition) is 4. The Morgan fingerprint density at radius 3 is 2.56 bits per heavy atom. The van der Waals surface area contributed by atoms with Crippen molar-refractivity contribution in [2.75, 3.05) is 5.43 Å². The average Bonchev–Trinajstić information content (AvgIpc) is 2.41. The molecule has 0 aliphatic rings. The van der Waals surface area contributed by atoms with Crippen LogP contribution in [0, 0.1) is 0 Å². The minimum Gasteiger partial charge on any atom is -0.476 e. The second-order valence-corrected chi connectivity index (χ2v) is 3.49. The molecule has 5 nitrogen and oxygen atoms in total. The number of benzene rings is 1. The number of aromatic nitrogens is 1. The van der Waals surface area contributed by atoms with Crippen molar-refractivity contribution in [1.82, 2.24) is 4.98 Å². The third-order valence-electron chi connectivity index (χ3n) is 2.21. The normalized spacial score (nSPS) is 11.0. The molecule has 0 fully saturated rings. The van der Waals surface area contributed by atoms with Crippen LogP contribution < -0.4 is 5.43 Å². The Kier molecular flexibility index (Phi) is 3.66. The van der Waals surface area contributed by atoms with Crippen LogP contribution in [-0.4, -0.2) is 21.8 Å². The number of rotatable bonds is 4. The molecule has 18 heavy (non-hydrogen) atoms. The van der Waals surface area contributed by atoms with Gasteiger partial charge in [0.1, 0.15) is 0 Å². The summed E-state index contributed by atoms with van der Waals surface area (Å²) in [6.07, 6.45) is 3.03. The Balaban J connectivity index is 2.24. The van der Waals surface area contributed by atoms with Gasteiger partial charge in [-0.1, -0.05) is 18.2 Å². The summed E-state index contributed by atoms with van der Waals surface area (Å²) >= 11 is 0. The summed E-state index contributed by atoms with van der Waals surface area (Å²) in [6.45, 7) is 0. The first kappa shape index (κ1) is 11.8. The van der Waals surface area contributed by atoms with Gasteiger partial charge >= 0.3 is 5.97 Å². The van der Waals surface area contributed by atoms with Crippen molar-refractivity contribution in [3.63, 3.8) is 0 Å². The van der Waals surface area contributed by atoms with Gasteiger partial charge in [0, 0.05) is 18.0 Å². The molecule has 0 spiro atoms. The number of anilines is 1. The maximum absolute atomic E-state index is 11.1. The van der Waals surface area contributed by atoms with Crippen LogP contribution in [-0.2, 0) is 4.79 Å². The molecule has 1 aromatic carbocycles. The lowest BCUT2D eigenvalue weighted by Gasteiger charge is -2.03. The predicted molar refractivity (Wildman–Crippen MR) is 68.5 cm³/mol. The molecular formula is C13H11N3O2. The highest BCUT2D eigenvalue weighted by atomic mass is 16.4. The number of hydrazone groups is 1. The van der Waals surface area contributed by atoms with Crippen LogP contribution in [0.4, 0.5) is 5.69 Å². The minimum atomic E-state index is -1.11. The van der Waals surface area contributed by atoms with E-state index in [0.29, 0.717) is 5.56 Å². The van der Waals surface area contributed by atoms with E-state index in [0.717, 1.165) is 5.69 Å². The monoisotopic (exact) mass is 241 g/mol. The SMILES string of the molecule is O=C(O)/C(=N\Nc1ccccc1)c1cccnc1. The highest BCUT2D eigenvalue weighted by molar-refractivity contribution is 6.42. The number of aliphatic carboxylic acids is 1. The third kappa shape index (κ3) is 2.91. The maximum atomic E-state index is 11.1. The van der Waals surface area contributed by atoms with Gasteiger partial charge in [-0.3, -0.25) is 10.4 Å². The number of nitrogens with one attached hydrogen (secondary N) is 1. The van der Waals surface area contributed by atoms with Crippen molar-refractivity contribution in [2.45, 2.75) is 0 Å². The number of carboxylic acids is 1. The topological polar surface area (TPSA) is 74.6 Å². The quantitative estimate of drug-likeness (QED) is 0.634. The van der Waals surface area contributed by atoms with E-state index in [1.807, 2.05) is 18.2 Å². The number of pyridine rings is 1. The van der Waals surface area contributed by atoms with Crippen LogP contribution in [0.25, 0.3) is 0 Å². The van der Waals surface area contributed by atoms with Gasteiger partial charge < -0.3 is 5.11 Å². The molecule has 1 heterocycles. The van der Waals surface area contributed by atoms with E-state index in [1.165, 1.54) is 6.20 Å². The van der Waals surface area contributed by atoms with Crippen LogP contribution in [0.2, 0.25) is 0 Å².